The summed E-state index contributed by atoms with van der Waals surface area (Å²) in [6.45, 7) is 3.50. The molecule has 0 saturated carbocycles. The molecule has 2 heterocycles. The summed E-state index contributed by atoms with van der Waals surface area (Å²) in [5.41, 5.74) is 2.28. The van der Waals surface area contributed by atoms with E-state index in [1.54, 1.807) is 0 Å². The smallest absolute Gasteiger partial charge is 0.230 e. The largest absolute Gasteiger partial charge is 0.340 e. The van der Waals surface area contributed by atoms with Gasteiger partial charge in [0.05, 0.1) is 12.1 Å². The van der Waals surface area contributed by atoms with E-state index in [0.29, 0.717) is 0 Å². The molecule has 1 saturated heterocycles. The van der Waals surface area contributed by atoms with Crippen LogP contribution in [0.3, 0.4) is 0 Å². The van der Waals surface area contributed by atoms with Crippen LogP contribution in [0.2, 0.25) is 0 Å². The standard InChI is InChI=1S/C12H18N4O/c17-12(16-6-4-13-5-7-16)9-2-1-3-11-10(9)8-14-15-11/h8-9,13H,1-7H2,(H,14,15). The molecular weight excluding hydrogens is 216 g/mol. The number of aryl methyl sites for hydroxylation is 1. The van der Waals surface area contributed by atoms with Crippen LogP contribution in [0.4, 0.5) is 0 Å². The predicted molar refractivity (Wildman–Crippen MR) is 63.7 cm³/mol. The van der Waals surface area contributed by atoms with E-state index in [9.17, 15) is 4.79 Å². The highest BCUT2D eigenvalue weighted by atomic mass is 16.2. The van der Waals surface area contributed by atoms with E-state index in [4.69, 9.17) is 0 Å². The fourth-order valence-corrected chi connectivity index (χ4v) is 2.82. The molecule has 1 atom stereocenters. The Kier molecular flexibility index (Phi) is 2.84. The van der Waals surface area contributed by atoms with E-state index in [0.717, 1.165) is 56.7 Å². The minimum absolute atomic E-state index is 0.0376. The maximum absolute atomic E-state index is 12.5. The fourth-order valence-electron chi connectivity index (χ4n) is 2.82. The molecular formula is C12H18N4O. The number of aromatic amines is 1. The van der Waals surface area contributed by atoms with E-state index < -0.39 is 0 Å². The molecule has 1 unspecified atom stereocenters. The van der Waals surface area contributed by atoms with Crippen molar-refractivity contribution >= 4 is 5.91 Å². The Balaban J connectivity index is 1.79. The molecule has 1 aromatic heterocycles. The summed E-state index contributed by atoms with van der Waals surface area (Å²) in [4.78, 5) is 14.5. The first-order valence-electron chi connectivity index (χ1n) is 6.38. The van der Waals surface area contributed by atoms with Gasteiger partial charge in [-0.15, -0.1) is 0 Å². The second kappa shape index (κ2) is 4.49. The minimum Gasteiger partial charge on any atom is -0.340 e. The van der Waals surface area contributed by atoms with Crippen molar-refractivity contribution in [3.05, 3.63) is 17.5 Å². The van der Waals surface area contributed by atoms with Gasteiger partial charge in [-0.05, 0) is 19.3 Å². The molecule has 1 aromatic rings. The summed E-state index contributed by atoms with van der Waals surface area (Å²) in [5, 5.41) is 10.4. The summed E-state index contributed by atoms with van der Waals surface area (Å²) in [6, 6.07) is 0. The Morgan fingerprint density at radius 2 is 2.24 bits per heavy atom. The first kappa shape index (κ1) is 10.8. The third kappa shape index (κ3) is 1.95. The number of amides is 1. The maximum Gasteiger partial charge on any atom is 0.230 e. The lowest BCUT2D eigenvalue weighted by molar-refractivity contribution is -0.133. The zero-order chi connectivity index (χ0) is 11.7. The molecule has 2 aliphatic rings. The lowest BCUT2D eigenvalue weighted by atomic mass is 9.86. The summed E-state index contributed by atoms with van der Waals surface area (Å²) in [5.74, 6) is 0.324. The van der Waals surface area contributed by atoms with Crippen LogP contribution in [0.5, 0.6) is 0 Å². The highest BCUT2D eigenvalue weighted by Crippen LogP contribution is 2.31. The van der Waals surface area contributed by atoms with E-state index in [-0.39, 0.29) is 11.8 Å². The number of hydrogen-bond donors (Lipinski definition) is 2. The van der Waals surface area contributed by atoms with Gasteiger partial charge in [-0.1, -0.05) is 0 Å². The van der Waals surface area contributed by atoms with Crippen LogP contribution in [-0.2, 0) is 11.2 Å². The molecule has 1 amide bonds. The zero-order valence-corrected chi connectivity index (χ0v) is 9.91. The number of hydrogen-bond acceptors (Lipinski definition) is 3. The topological polar surface area (TPSA) is 61.0 Å². The monoisotopic (exact) mass is 234 g/mol. The molecule has 1 aliphatic heterocycles. The molecule has 92 valence electrons. The van der Waals surface area contributed by atoms with Gasteiger partial charge in [0.15, 0.2) is 0 Å². The number of fused-ring (bicyclic) bond motifs is 1. The number of carbonyl (C=O) groups excluding carboxylic acids is 1. The second-order valence-corrected chi connectivity index (χ2v) is 4.82. The SMILES string of the molecule is O=C(C1CCCc2[nH]ncc21)N1CCNCC1. The van der Waals surface area contributed by atoms with Gasteiger partial charge in [0.1, 0.15) is 0 Å². The molecule has 2 N–H and O–H groups in total. The molecule has 1 fully saturated rings. The van der Waals surface area contributed by atoms with Crippen molar-refractivity contribution in [1.82, 2.24) is 20.4 Å². The predicted octanol–water partition coefficient (Wildman–Crippen LogP) is 0.261. The van der Waals surface area contributed by atoms with Crippen molar-refractivity contribution in [2.45, 2.75) is 25.2 Å². The molecule has 0 radical (unpaired) electrons. The van der Waals surface area contributed by atoms with Crippen LogP contribution in [0.15, 0.2) is 6.20 Å². The zero-order valence-electron chi connectivity index (χ0n) is 9.91. The number of nitrogens with one attached hydrogen (secondary N) is 2. The molecule has 3 rings (SSSR count). The van der Waals surface area contributed by atoms with Crippen LogP contribution >= 0.6 is 0 Å². The Hall–Kier alpha value is -1.36. The van der Waals surface area contributed by atoms with Gasteiger partial charge in [-0.2, -0.15) is 5.10 Å². The number of carbonyl (C=O) groups is 1. The Labute approximate surface area is 101 Å². The second-order valence-electron chi connectivity index (χ2n) is 4.82. The maximum atomic E-state index is 12.5. The number of H-pyrrole nitrogens is 1. The van der Waals surface area contributed by atoms with Gasteiger partial charge in [-0.25, -0.2) is 0 Å². The first-order valence-corrected chi connectivity index (χ1v) is 6.38. The number of aromatic nitrogens is 2. The van der Waals surface area contributed by atoms with Crippen molar-refractivity contribution in [1.29, 1.82) is 0 Å². The Bertz CT molecular complexity index is 408. The van der Waals surface area contributed by atoms with Crippen LogP contribution in [-0.4, -0.2) is 47.2 Å². The van der Waals surface area contributed by atoms with Gasteiger partial charge in [0.25, 0.3) is 0 Å². The quantitative estimate of drug-likeness (QED) is 0.733. The van der Waals surface area contributed by atoms with Gasteiger partial charge in [0, 0.05) is 37.4 Å². The molecule has 0 bridgehead atoms. The molecule has 0 aromatic carbocycles. The molecule has 0 spiro atoms. The van der Waals surface area contributed by atoms with Crippen LogP contribution in [0, 0.1) is 0 Å². The van der Waals surface area contributed by atoms with Crippen molar-refractivity contribution in [2.75, 3.05) is 26.2 Å². The van der Waals surface area contributed by atoms with Gasteiger partial charge in [-0.3, -0.25) is 9.89 Å². The Morgan fingerprint density at radius 3 is 3.06 bits per heavy atom. The van der Waals surface area contributed by atoms with Crippen LogP contribution < -0.4 is 5.32 Å². The lowest BCUT2D eigenvalue weighted by Crippen LogP contribution is -2.48. The summed E-state index contributed by atoms with van der Waals surface area (Å²) >= 11 is 0. The van der Waals surface area contributed by atoms with Gasteiger partial charge in [0.2, 0.25) is 5.91 Å². The number of nitrogens with zero attached hydrogens (tertiary/aromatic N) is 2. The Morgan fingerprint density at radius 1 is 1.41 bits per heavy atom. The van der Waals surface area contributed by atoms with Crippen molar-refractivity contribution in [3.63, 3.8) is 0 Å². The highest BCUT2D eigenvalue weighted by molar-refractivity contribution is 5.84. The number of piperazine rings is 1. The molecule has 1 aliphatic carbocycles. The average Bonchev–Trinajstić information content (AvgIpc) is 2.87. The normalized spacial score (nSPS) is 24.5. The van der Waals surface area contributed by atoms with Crippen molar-refractivity contribution in [2.24, 2.45) is 0 Å². The van der Waals surface area contributed by atoms with Crippen molar-refractivity contribution in [3.8, 4) is 0 Å². The van der Waals surface area contributed by atoms with Gasteiger partial charge >= 0.3 is 0 Å². The molecule has 17 heavy (non-hydrogen) atoms. The summed E-state index contributed by atoms with van der Waals surface area (Å²) in [6.07, 6.45) is 4.91. The minimum atomic E-state index is 0.0376. The van der Waals surface area contributed by atoms with Crippen LogP contribution in [0.25, 0.3) is 0 Å². The van der Waals surface area contributed by atoms with Crippen molar-refractivity contribution < 1.29 is 4.79 Å². The van der Waals surface area contributed by atoms with E-state index in [1.807, 2.05) is 11.1 Å². The summed E-state index contributed by atoms with van der Waals surface area (Å²) in [7, 11) is 0. The average molecular weight is 234 g/mol. The molecule has 5 nitrogen and oxygen atoms in total. The van der Waals surface area contributed by atoms with E-state index in [1.165, 1.54) is 0 Å². The fraction of sp³-hybridized carbons (Fsp3) is 0.667. The van der Waals surface area contributed by atoms with Gasteiger partial charge < -0.3 is 10.2 Å². The van der Waals surface area contributed by atoms with E-state index >= 15 is 0 Å². The van der Waals surface area contributed by atoms with Crippen LogP contribution in [0.1, 0.15) is 30.0 Å². The lowest BCUT2D eigenvalue weighted by Gasteiger charge is -2.32. The third-order valence-corrected chi connectivity index (χ3v) is 3.77. The number of rotatable bonds is 1. The van der Waals surface area contributed by atoms with E-state index in [2.05, 4.69) is 15.5 Å². The highest BCUT2D eigenvalue weighted by Gasteiger charge is 2.31. The third-order valence-electron chi connectivity index (χ3n) is 3.77. The summed E-state index contributed by atoms with van der Waals surface area (Å²) < 4.78 is 0. The molecule has 5 heteroatoms. The first-order chi connectivity index (χ1) is 8.36.